The summed E-state index contributed by atoms with van der Waals surface area (Å²) in [6.07, 6.45) is 3.80. The Morgan fingerprint density at radius 2 is 1.97 bits per heavy atom. The van der Waals surface area contributed by atoms with Crippen LogP contribution in [0.4, 0.5) is 0 Å². The van der Waals surface area contributed by atoms with Gasteiger partial charge in [-0.2, -0.15) is 0 Å². The van der Waals surface area contributed by atoms with Crippen LogP contribution in [0.5, 0.6) is 0 Å². The van der Waals surface area contributed by atoms with Crippen LogP contribution in [0.25, 0.3) is 11.0 Å². The molecule has 1 aliphatic heterocycles. The fraction of sp³-hybridized carbons (Fsp3) is 0.600. The zero-order chi connectivity index (χ0) is 20.0. The van der Waals surface area contributed by atoms with Gasteiger partial charge in [0, 0.05) is 37.3 Å². The molecule has 0 bridgehead atoms. The topological polar surface area (TPSA) is 114 Å². The molecule has 2 atom stereocenters. The summed E-state index contributed by atoms with van der Waals surface area (Å²) in [6.45, 7) is 5.37. The van der Waals surface area contributed by atoms with E-state index in [0.717, 1.165) is 31.4 Å². The summed E-state index contributed by atoms with van der Waals surface area (Å²) in [5.41, 5.74) is 6.33. The standard InChI is InChI=1S/C20H27N5O3.2ClH/c1-3-24-17-16(18(26)23-20(24)28)14(9-15(22-17)12-4-5-12)19(27)25-7-6-11(2)8-13(25)10-21;;/h9,11-13H,3-8,10,21H2,1-2H3,(H,23,26,28);2*1H. The van der Waals surface area contributed by atoms with E-state index in [-0.39, 0.29) is 42.1 Å². The summed E-state index contributed by atoms with van der Waals surface area (Å²) < 4.78 is 1.43. The lowest BCUT2D eigenvalue weighted by Crippen LogP contribution is -2.49. The molecule has 8 nitrogen and oxygen atoms in total. The monoisotopic (exact) mass is 457 g/mol. The van der Waals surface area contributed by atoms with Gasteiger partial charge in [-0.3, -0.25) is 19.1 Å². The first kappa shape index (κ1) is 24.4. The van der Waals surface area contributed by atoms with E-state index in [1.54, 1.807) is 11.0 Å². The number of nitrogens with two attached hydrogens (primary N) is 1. The third kappa shape index (κ3) is 4.26. The number of hydrogen-bond acceptors (Lipinski definition) is 5. The molecule has 10 heteroatoms. The molecule has 2 aliphatic rings. The smallest absolute Gasteiger partial charge is 0.329 e. The molecule has 1 saturated heterocycles. The maximum absolute atomic E-state index is 13.5. The molecule has 2 unspecified atom stereocenters. The molecule has 166 valence electrons. The molecule has 3 N–H and O–H groups in total. The van der Waals surface area contributed by atoms with Gasteiger partial charge in [-0.25, -0.2) is 9.78 Å². The number of H-pyrrole nitrogens is 1. The van der Waals surface area contributed by atoms with Crippen molar-refractivity contribution in [1.29, 1.82) is 0 Å². The lowest BCUT2D eigenvalue weighted by molar-refractivity contribution is 0.0575. The number of fused-ring (bicyclic) bond motifs is 1. The predicted molar refractivity (Wildman–Crippen MR) is 121 cm³/mol. The van der Waals surface area contributed by atoms with Crippen LogP contribution < -0.4 is 17.0 Å². The number of carbonyl (C=O) groups is 1. The lowest BCUT2D eigenvalue weighted by Gasteiger charge is -2.38. The van der Waals surface area contributed by atoms with Crippen LogP contribution in [0, 0.1) is 5.92 Å². The van der Waals surface area contributed by atoms with Crippen molar-refractivity contribution in [3.05, 3.63) is 38.2 Å². The van der Waals surface area contributed by atoms with Crippen molar-refractivity contribution in [3.63, 3.8) is 0 Å². The summed E-state index contributed by atoms with van der Waals surface area (Å²) in [6, 6.07) is 1.72. The number of nitrogens with one attached hydrogen (secondary N) is 1. The van der Waals surface area contributed by atoms with Gasteiger partial charge in [-0.1, -0.05) is 6.92 Å². The first-order valence-electron chi connectivity index (χ1n) is 10.1. The normalized spacial score (nSPS) is 21.1. The molecular weight excluding hydrogens is 429 g/mol. The minimum Gasteiger partial charge on any atom is -0.334 e. The van der Waals surface area contributed by atoms with Gasteiger partial charge in [0.25, 0.3) is 11.5 Å². The molecule has 0 radical (unpaired) electrons. The fourth-order valence-electron chi connectivity index (χ4n) is 4.24. The van der Waals surface area contributed by atoms with E-state index in [9.17, 15) is 14.4 Å². The molecule has 1 saturated carbocycles. The maximum atomic E-state index is 13.5. The van der Waals surface area contributed by atoms with Crippen molar-refractivity contribution in [2.24, 2.45) is 11.7 Å². The van der Waals surface area contributed by atoms with Crippen molar-refractivity contribution in [3.8, 4) is 0 Å². The van der Waals surface area contributed by atoms with Gasteiger partial charge >= 0.3 is 5.69 Å². The number of hydrogen-bond donors (Lipinski definition) is 2. The number of piperidine rings is 1. The summed E-state index contributed by atoms with van der Waals surface area (Å²) in [5, 5.41) is 0.199. The number of aromatic amines is 1. The fourth-order valence-corrected chi connectivity index (χ4v) is 4.24. The van der Waals surface area contributed by atoms with Gasteiger partial charge in [-0.15, -0.1) is 24.8 Å². The zero-order valence-electron chi connectivity index (χ0n) is 17.2. The number of aryl methyl sites for hydroxylation is 1. The second-order valence-electron chi connectivity index (χ2n) is 8.09. The number of pyridine rings is 1. The molecule has 1 amide bonds. The van der Waals surface area contributed by atoms with Crippen molar-refractivity contribution in [1.82, 2.24) is 19.4 Å². The Labute approximate surface area is 187 Å². The molecule has 4 rings (SSSR count). The van der Waals surface area contributed by atoms with E-state index in [1.165, 1.54) is 4.57 Å². The molecule has 3 heterocycles. The first-order chi connectivity index (χ1) is 13.4. The maximum Gasteiger partial charge on any atom is 0.329 e. The van der Waals surface area contributed by atoms with Crippen LogP contribution in [-0.4, -0.2) is 44.5 Å². The molecule has 0 aromatic carbocycles. The van der Waals surface area contributed by atoms with E-state index in [1.807, 2.05) is 6.92 Å². The van der Waals surface area contributed by atoms with Gasteiger partial charge in [0.05, 0.1) is 10.9 Å². The van der Waals surface area contributed by atoms with Crippen molar-refractivity contribution in [2.75, 3.05) is 13.1 Å². The van der Waals surface area contributed by atoms with Crippen LogP contribution in [0.2, 0.25) is 0 Å². The van der Waals surface area contributed by atoms with Crippen molar-refractivity contribution >= 4 is 41.8 Å². The quantitative estimate of drug-likeness (QED) is 0.728. The summed E-state index contributed by atoms with van der Waals surface area (Å²) in [4.78, 5) is 47.2. The highest BCUT2D eigenvalue weighted by atomic mass is 35.5. The van der Waals surface area contributed by atoms with Crippen LogP contribution in [0.15, 0.2) is 15.7 Å². The molecule has 30 heavy (non-hydrogen) atoms. The SMILES string of the molecule is CCn1c(=O)[nH]c(=O)c2c(C(=O)N3CCC(C)CC3CN)cc(C3CC3)nc21.Cl.Cl. The van der Waals surface area contributed by atoms with E-state index >= 15 is 0 Å². The van der Waals surface area contributed by atoms with Crippen LogP contribution in [0.3, 0.4) is 0 Å². The second kappa shape index (κ2) is 9.49. The highest BCUT2D eigenvalue weighted by molar-refractivity contribution is 6.05. The Hall–Kier alpha value is -1.90. The number of rotatable bonds is 4. The lowest BCUT2D eigenvalue weighted by atomic mass is 9.91. The number of amides is 1. The van der Waals surface area contributed by atoms with Gasteiger partial charge in [-0.05, 0) is 44.6 Å². The van der Waals surface area contributed by atoms with Crippen LogP contribution in [0.1, 0.15) is 61.5 Å². The summed E-state index contributed by atoms with van der Waals surface area (Å²) >= 11 is 0. The molecule has 2 fully saturated rings. The molecule has 1 aliphatic carbocycles. The Kier molecular flexibility index (Phi) is 7.71. The highest BCUT2D eigenvalue weighted by Crippen LogP contribution is 2.40. The Bertz CT molecular complexity index is 1050. The van der Waals surface area contributed by atoms with Gasteiger partial charge < -0.3 is 10.6 Å². The van der Waals surface area contributed by atoms with E-state index < -0.39 is 11.2 Å². The Balaban J connectivity index is 0.00000160. The number of halogens is 2. The van der Waals surface area contributed by atoms with E-state index in [4.69, 9.17) is 5.73 Å². The van der Waals surface area contributed by atoms with Crippen LogP contribution in [-0.2, 0) is 6.54 Å². The third-order valence-corrected chi connectivity index (χ3v) is 6.02. The molecular formula is C20H29Cl2N5O3. The van der Waals surface area contributed by atoms with E-state index in [0.29, 0.717) is 42.7 Å². The van der Waals surface area contributed by atoms with Gasteiger partial charge in [0.2, 0.25) is 0 Å². The Morgan fingerprint density at radius 1 is 1.27 bits per heavy atom. The van der Waals surface area contributed by atoms with Gasteiger partial charge in [0.15, 0.2) is 5.65 Å². The predicted octanol–water partition coefficient (Wildman–Crippen LogP) is 2.03. The average molecular weight is 458 g/mol. The molecule has 2 aromatic rings. The number of likely N-dealkylation sites (tertiary alicyclic amines) is 1. The summed E-state index contributed by atoms with van der Waals surface area (Å²) in [5.74, 6) is 0.619. The average Bonchev–Trinajstić information content (AvgIpc) is 3.52. The largest absolute Gasteiger partial charge is 0.334 e. The van der Waals surface area contributed by atoms with E-state index in [2.05, 4.69) is 16.9 Å². The number of carbonyl (C=O) groups excluding carboxylic acids is 1. The van der Waals surface area contributed by atoms with Crippen LogP contribution >= 0.6 is 24.8 Å². The summed E-state index contributed by atoms with van der Waals surface area (Å²) in [7, 11) is 0. The van der Waals surface area contributed by atoms with Crippen molar-refractivity contribution in [2.45, 2.75) is 58.0 Å². The van der Waals surface area contributed by atoms with Gasteiger partial charge in [0.1, 0.15) is 0 Å². The number of aromatic nitrogens is 3. The zero-order valence-corrected chi connectivity index (χ0v) is 18.9. The molecule has 0 spiro atoms. The third-order valence-electron chi connectivity index (χ3n) is 6.02. The van der Waals surface area contributed by atoms with Crippen molar-refractivity contribution < 1.29 is 4.79 Å². The highest BCUT2D eigenvalue weighted by Gasteiger charge is 2.33. The molecule has 2 aromatic heterocycles. The minimum absolute atomic E-state index is 0. The second-order valence-corrected chi connectivity index (χ2v) is 8.09. The first-order valence-corrected chi connectivity index (χ1v) is 10.1. The minimum atomic E-state index is -0.558. The Morgan fingerprint density at radius 3 is 2.57 bits per heavy atom. The number of nitrogens with zero attached hydrogens (tertiary/aromatic N) is 3.